The van der Waals surface area contributed by atoms with Gasteiger partial charge in [0.05, 0.1) is 27.3 Å². The van der Waals surface area contributed by atoms with Crippen molar-refractivity contribution in [3.05, 3.63) is 22.5 Å². The van der Waals surface area contributed by atoms with Crippen LogP contribution in [0.3, 0.4) is 0 Å². The third-order valence-corrected chi connectivity index (χ3v) is 4.51. The molecule has 0 saturated carbocycles. The number of β-lactam (4-membered cyclic amide) rings is 1. The monoisotopic (exact) mass is 392 g/mol. The van der Waals surface area contributed by atoms with Crippen molar-refractivity contribution in [1.29, 1.82) is 0 Å². The van der Waals surface area contributed by atoms with Gasteiger partial charge in [0.2, 0.25) is 11.6 Å². The van der Waals surface area contributed by atoms with Crippen molar-refractivity contribution in [2.24, 2.45) is 0 Å². The van der Waals surface area contributed by atoms with Gasteiger partial charge in [-0.25, -0.2) is 14.3 Å². The zero-order valence-electron chi connectivity index (χ0n) is 16.5. The molecule has 0 N–H and O–H groups in total. The van der Waals surface area contributed by atoms with Gasteiger partial charge in [-0.3, -0.25) is 14.5 Å². The number of carbonyl (C=O) groups excluding carboxylic acids is 4. The summed E-state index contributed by atoms with van der Waals surface area (Å²) in [7, 11) is 2.33. The number of hydrogen-bond acceptors (Lipinski definition) is 8. The molecule has 1 aliphatic heterocycles. The Morgan fingerprint density at radius 1 is 1.11 bits per heavy atom. The highest BCUT2D eigenvalue weighted by Crippen LogP contribution is 2.23. The molecular formula is C18H24N4O6. The van der Waals surface area contributed by atoms with Crippen LogP contribution in [0.1, 0.15) is 60.5 Å². The third-order valence-electron chi connectivity index (χ3n) is 4.51. The Hall–Kier alpha value is -3.04. The van der Waals surface area contributed by atoms with E-state index in [4.69, 9.17) is 0 Å². The fourth-order valence-corrected chi connectivity index (χ4v) is 2.83. The van der Waals surface area contributed by atoms with Crippen LogP contribution in [0.2, 0.25) is 0 Å². The number of amides is 2. The van der Waals surface area contributed by atoms with Gasteiger partial charge in [0, 0.05) is 12.0 Å². The minimum absolute atomic E-state index is 0.0490. The van der Waals surface area contributed by atoms with Gasteiger partial charge in [-0.05, 0) is 18.9 Å². The normalized spacial score (nSPS) is 15.1. The number of rotatable bonds is 8. The van der Waals surface area contributed by atoms with E-state index in [0.29, 0.717) is 17.6 Å². The Labute approximate surface area is 162 Å². The summed E-state index contributed by atoms with van der Waals surface area (Å²) >= 11 is 0. The molecule has 0 bridgehead atoms. The number of carbonyl (C=O) groups is 4. The molecule has 0 atom stereocenters. The number of ether oxygens (including phenoxy) is 2. The number of allylic oxidation sites excluding steroid dienone is 1. The molecule has 0 unspecified atom stereocenters. The van der Waals surface area contributed by atoms with Crippen molar-refractivity contribution in [3.63, 3.8) is 0 Å². The number of unbranched alkanes of at least 4 members (excludes halogenated alkanes) is 2. The zero-order valence-corrected chi connectivity index (χ0v) is 16.5. The molecule has 1 aromatic heterocycles. The molecule has 0 radical (unpaired) electrons. The lowest BCUT2D eigenvalue weighted by Gasteiger charge is -2.33. The van der Waals surface area contributed by atoms with Gasteiger partial charge in [-0.15, -0.1) is 5.10 Å². The molecule has 10 nitrogen and oxygen atoms in total. The smallest absolute Gasteiger partial charge is 0.361 e. The minimum Gasteiger partial charge on any atom is -0.464 e. The highest BCUT2D eigenvalue weighted by Gasteiger charge is 2.37. The van der Waals surface area contributed by atoms with Crippen LogP contribution in [-0.2, 0) is 25.6 Å². The maximum absolute atomic E-state index is 12.3. The largest absolute Gasteiger partial charge is 0.464 e. The van der Waals surface area contributed by atoms with Crippen molar-refractivity contribution >= 4 is 23.8 Å². The van der Waals surface area contributed by atoms with Crippen LogP contribution in [-0.4, -0.2) is 64.4 Å². The average molecular weight is 392 g/mol. The fraction of sp³-hybridized carbons (Fsp3) is 0.556. The van der Waals surface area contributed by atoms with Crippen LogP contribution in [0.15, 0.2) is 11.1 Å². The molecule has 152 valence electrons. The van der Waals surface area contributed by atoms with E-state index in [1.54, 1.807) is 6.92 Å². The average Bonchev–Trinajstić information content (AvgIpc) is 3.09. The fourth-order valence-electron chi connectivity index (χ4n) is 2.83. The predicted molar refractivity (Wildman–Crippen MR) is 96.3 cm³/mol. The number of aromatic nitrogens is 3. The summed E-state index contributed by atoms with van der Waals surface area (Å²) in [5, 5.41) is 7.48. The van der Waals surface area contributed by atoms with Crippen LogP contribution < -0.4 is 0 Å². The van der Waals surface area contributed by atoms with E-state index in [-0.39, 0.29) is 36.3 Å². The maximum Gasteiger partial charge on any atom is 0.361 e. The summed E-state index contributed by atoms with van der Waals surface area (Å²) in [6.45, 7) is 4.02. The van der Waals surface area contributed by atoms with E-state index in [1.807, 2.05) is 6.92 Å². The van der Waals surface area contributed by atoms with E-state index >= 15 is 0 Å². The number of esters is 2. The Bertz CT molecular complexity index is 826. The van der Waals surface area contributed by atoms with E-state index in [9.17, 15) is 19.2 Å². The van der Waals surface area contributed by atoms with Crippen LogP contribution in [0.25, 0.3) is 0 Å². The van der Waals surface area contributed by atoms with E-state index in [1.165, 1.54) is 16.7 Å². The lowest BCUT2D eigenvalue weighted by molar-refractivity contribution is -0.147. The number of nitrogens with zero attached hydrogens (tertiary/aromatic N) is 4. The predicted octanol–water partition coefficient (Wildman–Crippen LogP) is 1.12. The topological polar surface area (TPSA) is 121 Å². The SMILES string of the molecule is CCCCCC(=O)N1C/C(=C(\C)Cn2nnc(C(=O)OC)c2C(=O)OC)C1=O. The summed E-state index contributed by atoms with van der Waals surface area (Å²) in [4.78, 5) is 49.4. The molecule has 0 aromatic carbocycles. The standard InChI is InChI=1S/C18H24N4O6/c1-5-6-7-8-13(23)21-10-12(16(21)24)11(2)9-22-15(18(26)28-4)14(19-20-22)17(25)27-3/h5-10H2,1-4H3/b12-11-. The number of likely N-dealkylation sites (tertiary alicyclic amines) is 1. The Kier molecular flexibility index (Phi) is 7.02. The molecule has 2 amide bonds. The highest BCUT2D eigenvalue weighted by atomic mass is 16.5. The molecule has 1 fully saturated rings. The lowest BCUT2D eigenvalue weighted by Crippen LogP contribution is -2.50. The van der Waals surface area contributed by atoms with Gasteiger partial charge in [-0.1, -0.05) is 25.0 Å². The molecule has 0 aliphatic carbocycles. The quantitative estimate of drug-likeness (QED) is 0.279. The molecule has 2 heterocycles. The molecule has 1 aliphatic rings. The Morgan fingerprint density at radius 3 is 2.36 bits per heavy atom. The number of hydrogen-bond donors (Lipinski definition) is 0. The van der Waals surface area contributed by atoms with Crippen molar-refractivity contribution in [2.45, 2.75) is 46.1 Å². The van der Waals surface area contributed by atoms with Gasteiger partial charge in [0.15, 0.2) is 5.69 Å². The number of methoxy groups -OCH3 is 2. The molecule has 2 rings (SSSR count). The first kappa shape index (κ1) is 21.3. The van der Waals surface area contributed by atoms with E-state index < -0.39 is 11.9 Å². The molecule has 1 saturated heterocycles. The summed E-state index contributed by atoms with van der Waals surface area (Å²) in [5.74, 6) is -2.14. The molecule has 10 heteroatoms. The first-order chi connectivity index (χ1) is 13.3. The van der Waals surface area contributed by atoms with Crippen molar-refractivity contribution < 1.29 is 28.7 Å². The van der Waals surface area contributed by atoms with E-state index in [2.05, 4.69) is 19.8 Å². The zero-order chi connectivity index (χ0) is 20.8. The van der Waals surface area contributed by atoms with Crippen LogP contribution in [0.5, 0.6) is 0 Å². The second-order valence-corrected chi connectivity index (χ2v) is 6.43. The summed E-state index contributed by atoms with van der Waals surface area (Å²) in [5.41, 5.74) is 0.678. The van der Waals surface area contributed by atoms with Gasteiger partial charge in [0.1, 0.15) is 0 Å². The maximum atomic E-state index is 12.3. The molecule has 28 heavy (non-hydrogen) atoms. The Balaban J connectivity index is 2.15. The van der Waals surface area contributed by atoms with Crippen LogP contribution >= 0.6 is 0 Å². The summed E-state index contributed by atoms with van der Waals surface area (Å²) < 4.78 is 10.5. The minimum atomic E-state index is -0.819. The van der Waals surface area contributed by atoms with E-state index in [0.717, 1.165) is 26.4 Å². The first-order valence-corrected chi connectivity index (χ1v) is 8.99. The molecule has 0 spiro atoms. The molecule has 1 aromatic rings. The third kappa shape index (κ3) is 4.26. The van der Waals surface area contributed by atoms with Gasteiger partial charge in [-0.2, -0.15) is 0 Å². The van der Waals surface area contributed by atoms with Crippen molar-refractivity contribution in [1.82, 2.24) is 19.9 Å². The summed E-state index contributed by atoms with van der Waals surface area (Å²) in [6.07, 6.45) is 3.05. The van der Waals surface area contributed by atoms with Gasteiger partial charge in [0.25, 0.3) is 5.91 Å². The lowest BCUT2D eigenvalue weighted by atomic mass is 9.99. The first-order valence-electron chi connectivity index (χ1n) is 8.99. The van der Waals surface area contributed by atoms with Gasteiger partial charge < -0.3 is 9.47 Å². The van der Waals surface area contributed by atoms with Crippen LogP contribution in [0.4, 0.5) is 0 Å². The highest BCUT2D eigenvalue weighted by molar-refractivity contribution is 6.11. The van der Waals surface area contributed by atoms with Crippen molar-refractivity contribution in [2.75, 3.05) is 20.8 Å². The second-order valence-electron chi connectivity index (χ2n) is 6.43. The Morgan fingerprint density at radius 2 is 1.79 bits per heavy atom. The second kappa shape index (κ2) is 9.25. The molecular weight excluding hydrogens is 368 g/mol. The van der Waals surface area contributed by atoms with Crippen LogP contribution in [0, 0.1) is 0 Å². The van der Waals surface area contributed by atoms with Crippen molar-refractivity contribution in [3.8, 4) is 0 Å². The van der Waals surface area contributed by atoms with Gasteiger partial charge >= 0.3 is 11.9 Å². The summed E-state index contributed by atoms with van der Waals surface area (Å²) in [6, 6.07) is 0. The number of imide groups is 1.